The maximum Gasteiger partial charge on any atom is 0.228 e. The monoisotopic (exact) mass is 523 g/mol. The van der Waals surface area contributed by atoms with Crippen LogP contribution in [0.5, 0.6) is 11.5 Å². The molecule has 0 saturated heterocycles. The summed E-state index contributed by atoms with van der Waals surface area (Å²) >= 11 is 6.09. The molecule has 0 atom stereocenters. The predicted octanol–water partition coefficient (Wildman–Crippen LogP) is 6.91. The molecule has 36 heavy (non-hydrogen) atoms. The van der Waals surface area contributed by atoms with E-state index in [1.807, 2.05) is 0 Å². The van der Waals surface area contributed by atoms with E-state index in [2.05, 4.69) is 5.32 Å². The second-order valence-electron chi connectivity index (χ2n) is 8.05. The number of ether oxygens (including phenoxy) is 1. The van der Waals surface area contributed by atoms with Crippen LogP contribution in [0.15, 0.2) is 95.9 Å². The zero-order valence-electron chi connectivity index (χ0n) is 19.4. The van der Waals surface area contributed by atoms with Crippen molar-refractivity contribution in [2.45, 2.75) is 18.2 Å². The number of sulfone groups is 1. The first kappa shape index (κ1) is 25.4. The minimum absolute atomic E-state index is 0.0119. The average Bonchev–Trinajstić information content (AvgIpc) is 2.84. The van der Waals surface area contributed by atoms with E-state index in [4.69, 9.17) is 16.3 Å². The van der Waals surface area contributed by atoms with Gasteiger partial charge in [-0.15, -0.1) is 0 Å². The van der Waals surface area contributed by atoms with E-state index < -0.39 is 9.84 Å². The Hall–Kier alpha value is -3.68. The fraction of sp³-hybridized carbons (Fsp3) is 0.107. The lowest BCUT2D eigenvalue weighted by Crippen LogP contribution is -2.14. The largest absolute Gasteiger partial charge is 0.457 e. The SMILES string of the molecule is CCS(=O)(=O)c1ccc(CC(=O)Nc2ccc(-c3cccc(F)c3)c(Oc3cccc(Cl)c3)c2)cc1. The number of carbonyl (C=O) groups is 1. The Balaban J connectivity index is 1.57. The second-order valence-corrected chi connectivity index (χ2v) is 10.8. The number of hydrogen-bond donors (Lipinski definition) is 1. The third kappa shape index (κ3) is 6.30. The van der Waals surface area contributed by atoms with E-state index in [1.165, 1.54) is 24.3 Å². The minimum Gasteiger partial charge on any atom is -0.457 e. The normalized spacial score (nSPS) is 11.2. The van der Waals surface area contributed by atoms with Gasteiger partial charge in [0.05, 0.1) is 17.1 Å². The van der Waals surface area contributed by atoms with Gasteiger partial charge in [-0.05, 0) is 65.7 Å². The number of benzene rings is 4. The molecule has 0 aromatic heterocycles. The Morgan fingerprint density at radius 1 is 0.944 bits per heavy atom. The zero-order valence-corrected chi connectivity index (χ0v) is 20.9. The highest BCUT2D eigenvalue weighted by Gasteiger charge is 2.14. The van der Waals surface area contributed by atoms with Gasteiger partial charge in [0.15, 0.2) is 9.84 Å². The van der Waals surface area contributed by atoms with Crippen LogP contribution in [0.4, 0.5) is 10.1 Å². The van der Waals surface area contributed by atoms with Gasteiger partial charge in [0.25, 0.3) is 0 Å². The van der Waals surface area contributed by atoms with Crippen LogP contribution < -0.4 is 10.1 Å². The molecule has 0 aliphatic heterocycles. The summed E-state index contributed by atoms with van der Waals surface area (Å²) in [6.07, 6.45) is 0.0581. The van der Waals surface area contributed by atoms with E-state index in [-0.39, 0.29) is 28.8 Å². The molecular formula is C28H23ClFNO4S. The van der Waals surface area contributed by atoms with Gasteiger partial charge < -0.3 is 10.1 Å². The van der Waals surface area contributed by atoms with Crippen molar-refractivity contribution in [3.05, 3.63) is 107 Å². The third-order valence-corrected chi connectivity index (χ3v) is 7.44. The predicted molar refractivity (Wildman–Crippen MR) is 140 cm³/mol. The molecule has 0 saturated carbocycles. The third-order valence-electron chi connectivity index (χ3n) is 5.45. The van der Waals surface area contributed by atoms with Crippen LogP contribution in [0, 0.1) is 5.82 Å². The first-order chi connectivity index (χ1) is 17.2. The lowest BCUT2D eigenvalue weighted by molar-refractivity contribution is -0.115. The molecule has 0 heterocycles. The Morgan fingerprint density at radius 2 is 1.69 bits per heavy atom. The summed E-state index contributed by atoms with van der Waals surface area (Å²) in [5.74, 6) is 0.253. The first-order valence-corrected chi connectivity index (χ1v) is 13.2. The Morgan fingerprint density at radius 3 is 2.39 bits per heavy atom. The van der Waals surface area contributed by atoms with E-state index in [0.717, 1.165) is 0 Å². The topological polar surface area (TPSA) is 72.5 Å². The van der Waals surface area contributed by atoms with Crippen LogP contribution in [0.3, 0.4) is 0 Å². The second kappa shape index (κ2) is 10.9. The van der Waals surface area contributed by atoms with E-state index in [9.17, 15) is 17.6 Å². The number of hydrogen-bond acceptors (Lipinski definition) is 4. The molecule has 0 radical (unpaired) electrons. The van der Waals surface area contributed by atoms with E-state index >= 15 is 0 Å². The van der Waals surface area contributed by atoms with Crippen molar-refractivity contribution < 1.29 is 22.3 Å². The van der Waals surface area contributed by atoms with E-state index in [0.29, 0.717) is 38.9 Å². The lowest BCUT2D eigenvalue weighted by atomic mass is 10.0. The lowest BCUT2D eigenvalue weighted by Gasteiger charge is -2.14. The molecule has 0 spiro atoms. The molecule has 4 rings (SSSR count). The standard InChI is InChI=1S/C28H23ClFNO4S/c1-2-36(33,34)25-12-9-19(10-13-25)15-28(32)31-23-11-14-26(20-5-3-7-22(30)16-20)27(18-23)35-24-8-4-6-21(29)17-24/h3-14,16-18H,2,15H2,1H3,(H,31,32). The molecule has 4 aromatic rings. The average molecular weight is 524 g/mol. The van der Waals surface area contributed by atoms with Crippen LogP contribution in [-0.2, 0) is 21.1 Å². The molecule has 184 valence electrons. The van der Waals surface area contributed by atoms with Crippen molar-refractivity contribution in [3.63, 3.8) is 0 Å². The maximum atomic E-state index is 13.9. The number of carbonyl (C=O) groups excluding carboxylic acids is 1. The van der Waals surface area contributed by atoms with Crippen LogP contribution in [0.25, 0.3) is 11.1 Å². The first-order valence-electron chi connectivity index (χ1n) is 11.2. The zero-order chi connectivity index (χ0) is 25.7. The summed E-state index contributed by atoms with van der Waals surface area (Å²) in [5, 5.41) is 3.34. The quantitative estimate of drug-likeness (QED) is 0.272. The summed E-state index contributed by atoms with van der Waals surface area (Å²) < 4.78 is 43.9. The number of anilines is 1. The molecule has 0 aliphatic carbocycles. The summed E-state index contributed by atoms with van der Waals surface area (Å²) in [6.45, 7) is 1.58. The highest BCUT2D eigenvalue weighted by Crippen LogP contribution is 2.36. The molecule has 0 unspecified atom stereocenters. The summed E-state index contributed by atoms with van der Waals surface area (Å²) in [7, 11) is -3.30. The Kier molecular flexibility index (Phi) is 7.72. The fourth-order valence-corrected chi connectivity index (χ4v) is 4.67. The van der Waals surface area contributed by atoms with Gasteiger partial charge in [-0.1, -0.05) is 48.9 Å². The number of nitrogens with one attached hydrogen (secondary N) is 1. The van der Waals surface area contributed by atoms with Gasteiger partial charge in [0, 0.05) is 22.3 Å². The van der Waals surface area contributed by atoms with Gasteiger partial charge in [-0.25, -0.2) is 12.8 Å². The minimum atomic E-state index is -3.30. The Labute approximate surface area is 214 Å². The maximum absolute atomic E-state index is 13.9. The van der Waals surface area contributed by atoms with Crippen molar-refractivity contribution >= 4 is 33.0 Å². The van der Waals surface area contributed by atoms with Gasteiger partial charge >= 0.3 is 0 Å². The molecule has 0 aliphatic rings. The van der Waals surface area contributed by atoms with Gasteiger partial charge in [-0.3, -0.25) is 4.79 Å². The Bertz CT molecular complexity index is 1500. The van der Waals surface area contributed by atoms with Gasteiger partial charge in [0.1, 0.15) is 17.3 Å². The van der Waals surface area contributed by atoms with Crippen molar-refractivity contribution in [2.24, 2.45) is 0 Å². The molecule has 1 amide bonds. The van der Waals surface area contributed by atoms with Crippen LogP contribution >= 0.6 is 11.6 Å². The smallest absolute Gasteiger partial charge is 0.228 e. The molecule has 0 fully saturated rings. The highest BCUT2D eigenvalue weighted by atomic mass is 35.5. The fourth-order valence-electron chi connectivity index (χ4n) is 3.61. The van der Waals surface area contributed by atoms with Gasteiger partial charge in [0.2, 0.25) is 5.91 Å². The number of halogens is 2. The van der Waals surface area contributed by atoms with Crippen molar-refractivity contribution in [2.75, 3.05) is 11.1 Å². The van der Waals surface area contributed by atoms with Crippen LogP contribution in [-0.4, -0.2) is 20.1 Å². The van der Waals surface area contributed by atoms with Crippen molar-refractivity contribution in [1.82, 2.24) is 0 Å². The molecule has 5 nitrogen and oxygen atoms in total. The molecule has 4 aromatic carbocycles. The summed E-state index contributed by atoms with van der Waals surface area (Å²) in [6, 6.07) is 24.4. The van der Waals surface area contributed by atoms with Crippen LogP contribution in [0.2, 0.25) is 5.02 Å². The molecular weight excluding hydrogens is 501 g/mol. The molecule has 0 bridgehead atoms. The number of amides is 1. The van der Waals surface area contributed by atoms with E-state index in [1.54, 1.807) is 73.7 Å². The highest BCUT2D eigenvalue weighted by molar-refractivity contribution is 7.91. The van der Waals surface area contributed by atoms with Crippen molar-refractivity contribution in [1.29, 1.82) is 0 Å². The molecule has 8 heteroatoms. The molecule has 1 N–H and O–H groups in total. The summed E-state index contributed by atoms with van der Waals surface area (Å²) in [5.41, 5.74) is 2.42. The van der Waals surface area contributed by atoms with Crippen LogP contribution in [0.1, 0.15) is 12.5 Å². The number of rotatable bonds is 8. The summed E-state index contributed by atoms with van der Waals surface area (Å²) in [4.78, 5) is 12.9. The van der Waals surface area contributed by atoms with Crippen molar-refractivity contribution in [3.8, 4) is 22.6 Å². The van der Waals surface area contributed by atoms with Gasteiger partial charge in [-0.2, -0.15) is 0 Å².